The molecule has 8 heteroatoms. The molecule has 0 saturated carbocycles. The average molecular weight is 396 g/mol. The zero-order valence-electron chi connectivity index (χ0n) is 15.2. The monoisotopic (exact) mass is 396 g/mol. The maximum Gasteiger partial charge on any atom is 0.260 e. The Balaban J connectivity index is 1.37. The summed E-state index contributed by atoms with van der Waals surface area (Å²) in [5.41, 5.74) is 1.79. The largest absolute Gasteiger partial charge is 0.464 e. The molecule has 5 rings (SSSR count). The molecule has 0 aliphatic carbocycles. The number of thiophene rings is 1. The highest BCUT2D eigenvalue weighted by Crippen LogP contribution is 2.32. The lowest BCUT2D eigenvalue weighted by Crippen LogP contribution is -3.06. The van der Waals surface area contributed by atoms with Crippen LogP contribution in [0.4, 0.5) is 0 Å². The Morgan fingerprint density at radius 2 is 2.11 bits per heavy atom. The number of ether oxygens (including phenoxy) is 2. The van der Waals surface area contributed by atoms with Crippen molar-refractivity contribution in [2.75, 3.05) is 13.8 Å². The number of benzene rings is 1. The van der Waals surface area contributed by atoms with Crippen molar-refractivity contribution < 1.29 is 18.8 Å². The summed E-state index contributed by atoms with van der Waals surface area (Å²) in [6, 6.07) is 9.62. The van der Waals surface area contributed by atoms with Crippen molar-refractivity contribution in [2.45, 2.75) is 13.1 Å². The molecule has 3 aromatic heterocycles. The van der Waals surface area contributed by atoms with Crippen LogP contribution in [0.1, 0.15) is 11.4 Å². The number of aromatic amines is 1. The van der Waals surface area contributed by atoms with Gasteiger partial charge in [0.25, 0.3) is 5.56 Å². The summed E-state index contributed by atoms with van der Waals surface area (Å²) < 4.78 is 16.2. The van der Waals surface area contributed by atoms with Crippen molar-refractivity contribution in [3.05, 3.63) is 63.7 Å². The fourth-order valence-electron chi connectivity index (χ4n) is 3.44. The average Bonchev–Trinajstić information content (AvgIpc) is 3.41. The standard InChI is InChI=1S/C20H17N3O4S/c1-23(8-12-4-5-15-16(7-12)27-11-26-15)9-17-21-19(24)18-13(10-28-20(18)22-17)14-3-2-6-25-14/h2-7,10H,8-9,11H2,1H3,(H,21,22,24)/p+1. The van der Waals surface area contributed by atoms with Crippen molar-refractivity contribution >= 4 is 21.6 Å². The lowest BCUT2D eigenvalue weighted by Gasteiger charge is -2.13. The molecule has 4 heterocycles. The quantitative estimate of drug-likeness (QED) is 0.540. The number of nitrogens with zero attached hydrogens (tertiary/aromatic N) is 1. The Hall–Kier alpha value is -3.10. The van der Waals surface area contributed by atoms with Gasteiger partial charge in [0, 0.05) is 16.5 Å². The van der Waals surface area contributed by atoms with E-state index in [9.17, 15) is 4.79 Å². The van der Waals surface area contributed by atoms with E-state index in [1.807, 2.05) is 35.7 Å². The van der Waals surface area contributed by atoms with Crippen LogP contribution in [0.25, 0.3) is 21.5 Å². The molecular weight excluding hydrogens is 378 g/mol. The van der Waals surface area contributed by atoms with Crippen LogP contribution in [0.3, 0.4) is 0 Å². The summed E-state index contributed by atoms with van der Waals surface area (Å²) in [6.07, 6.45) is 1.60. The van der Waals surface area contributed by atoms with E-state index in [1.54, 1.807) is 6.26 Å². The molecular formula is C20H18N3O4S+. The third-order valence-electron chi connectivity index (χ3n) is 4.69. The molecule has 1 atom stereocenters. The number of nitrogens with one attached hydrogen (secondary N) is 2. The summed E-state index contributed by atoms with van der Waals surface area (Å²) in [7, 11) is 2.07. The van der Waals surface area contributed by atoms with Gasteiger partial charge in [0.05, 0.1) is 18.7 Å². The van der Waals surface area contributed by atoms with E-state index >= 15 is 0 Å². The molecule has 28 heavy (non-hydrogen) atoms. The van der Waals surface area contributed by atoms with Crippen LogP contribution >= 0.6 is 11.3 Å². The number of rotatable bonds is 5. The van der Waals surface area contributed by atoms with E-state index in [-0.39, 0.29) is 12.4 Å². The van der Waals surface area contributed by atoms with Crippen molar-refractivity contribution in [2.24, 2.45) is 0 Å². The molecule has 0 radical (unpaired) electrons. The summed E-state index contributed by atoms with van der Waals surface area (Å²) >= 11 is 1.45. The molecule has 0 bridgehead atoms. The Labute approximate surface area is 164 Å². The van der Waals surface area contributed by atoms with E-state index in [0.717, 1.165) is 34.0 Å². The summed E-state index contributed by atoms with van der Waals surface area (Å²) in [5, 5.41) is 2.50. The normalized spacial score (nSPS) is 13.9. The van der Waals surface area contributed by atoms with Crippen LogP contribution in [-0.2, 0) is 13.1 Å². The molecule has 1 aliphatic heterocycles. The molecule has 0 amide bonds. The Kier molecular flexibility index (Phi) is 4.14. The second kappa shape index (κ2) is 6.81. The predicted molar refractivity (Wildman–Crippen MR) is 105 cm³/mol. The number of quaternary nitrogens is 1. The van der Waals surface area contributed by atoms with E-state index in [4.69, 9.17) is 13.9 Å². The van der Waals surface area contributed by atoms with Crippen LogP contribution in [0.15, 0.2) is 51.2 Å². The predicted octanol–water partition coefficient (Wildman–Crippen LogP) is 2.19. The number of aromatic nitrogens is 2. The molecule has 1 aromatic carbocycles. The lowest BCUT2D eigenvalue weighted by atomic mass is 10.2. The number of H-pyrrole nitrogens is 1. The Morgan fingerprint density at radius 1 is 1.21 bits per heavy atom. The molecule has 142 valence electrons. The third kappa shape index (κ3) is 3.06. The van der Waals surface area contributed by atoms with Crippen molar-refractivity contribution in [1.29, 1.82) is 0 Å². The van der Waals surface area contributed by atoms with Gasteiger partial charge in [-0.1, -0.05) is 0 Å². The minimum absolute atomic E-state index is 0.136. The zero-order chi connectivity index (χ0) is 19.1. The smallest absolute Gasteiger partial charge is 0.260 e. The summed E-state index contributed by atoms with van der Waals surface area (Å²) in [6.45, 7) is 1.65. The zero-order valence-corrected chi connectivity index (χ0v) is 16.0. The third-order valence-corrected chi connectivity index (χ3v) is 5.56. The van der Waals surface area contributed by atoms with Gasteiger partial charge in [-0.3, -0.25) is 4.79 Å². The number of hydrogen-bond donors (Lipinski definition) is 2. The molecule has 2 N–H and O–H groups in total. The molecule has 1 aliphatic rings. The van der Waals surface area contributed by atoms with Crippen LogP contribution < -0.4 is 19.9 Å². The van der Waals surface area contributed by atoms with Gasteiger partial charge in [-0.15, -0.1) is 11.3 Å². The maximum absolute atomic E-state index is 12.7. The first-order valence-electron chi connectivity index (χ1n) is 8.91. The maximum atomic E-state index is 12.7. The van der Waals surface area contributed by atoms with Gasteiger partial charge < -0.3 is 23.8 Å². The Morgan fingerprint density at radius 3 is 2.96 bits per heavy atom. The van der Waals surface area contributed by atoms with Crippen molar-refractivity contribution in [3.63, 3.8) is 0 Å². The number of furan rings is 1. The summed E-state index contributed by atoms with van der Waals surface area (Å²) in [5.74, 6) is 2.91. The van der Waals surface area contributed by atoms with E-state index < -0.39 is 0 Å². The summed E-state index contributed by atoms with van der Waals surface area (Å²) in [4.78, 5) is 22.2. The Bertz CT molecular complexity index is 1200. The van der Waals surface area contributed by atoms with Crippen molar-refractivity contribution in [3.8, 4) is 22.8 Å². The minimum atomic E-state index is -0.136. The molecule has 4 aromatic rings. The van der Waals surface area contributed by atoms with E-state index in [2.05, 4.69) is 17.0 Å². The van der Waals surface area contributed by atoms with Gasteiger partial charge in [0.1, 0.15) is 23.7 Å². The van der Waals surface area contributed by atoms with Gasteiger partial charge in [-0.2, -0.15) is 0 Å². The molecule has 0 saturated heterocycles. The highest BCUT2D eigenvalue weighted by atomic mass is 32.1. The first kappa shape index (κ1) is 17.0. The molecule has 7 nitrogen and oxygen atoms in total. The second-order valence-corrected chi connectivity index (χ2v) is 7.68. The van der Waals surface area contributed by atoms with Gasteiger partial charge >= 0.3 is 0 Å². The molecule has 0 fully saturated rings. The van der Waals surface area contributed by atoms with Gasteiger partial charge in [0.2, 0.25) is 6.79 Å². The van der Waals surface area contributed by atoms with Gasteiger partial charge in [-0.05, 0) is 30.3 Å². The van der Waals surface area contributed by atoms with Crippen molar-refractivity contribution in [1.82, 2.24) is 9.97 Å². The second-order valence-electron chi connectivity index (χ2n) is 6.82. The van der Waals surface area contributed by atoms with Crippen LogP contribution in [0, 0.1) is 0 Å². The van der Waals surface area contributed by atoms with E-state index in [0.29, 0.717) is 23.5 Å². The molecule has 1 unspecified atom stereocenters. The first-order valence-corrected chi connectivity index (χ1v) is 9.79. The fourth-order valence-corrected chi connectivity index (χ4v) is 4.38. The molecule has 0 spiro atoms. The first-order chi connectivity index (χ1) is 13.7. The van der Waals surface area contributed by atoms with Crippen LogP contribution in [-0.4, -0.2) is 23.8 Å². The SMILES string of the molecule is C[NH+](Cc1ccc2c(c1)OCO2)Cc1nc2scc(-c3ccco3)c2c(=O)[nH]1. The van der Waals surface area contributed by atoms with Gasteiger partial charge in [-0.25, -0.2) is 4.98 Å². The number of fused-ring (bicyclic) bond motifs is 2. The van der Waals surface area contributed by atoms with Crippen LogP contribution in [0.5, 0.6) is 11.5 Å². The van der Waals surface area contributed by atoms with Crippen LogP contribution in [0.2, 0.25) is 0 Å². The van der Waals surface area contributed by atoms with E-state index in [1.165, 1.54) is 16.2 Å². The fraction of sp³-hybridized carbons (Fsp3) is 0.200. The number of hydrogen-bond acceptors (Lipinski definition) is 6. The lowest BCUT2D eigenvalue weighted by molar-refractivity contribution is -0.908. The highest BCUT2D eigenvalue weighted by Gasteiger charge is 2.18. The topological polar surface area (TPSA) is 81.8 Å². The highest BCUT2D eigenvalue weighted by molar-refractivity contribution is 7.17. The minimum Gasteiger partial charge on any atom is -0.464 e. The van der Waals surface area contributed by atoms with Gasteiger partial charge in [0.15, 0.2) is 17.3 Å².